The molecule has 1 saturated heterocycles. The number of anilines is 1. The second-order valence-electron chi connectivity index (χ2n) is 7.15. The van der Waals surface area contributed by atoms with E-state index in [9.17, 15) is 13.2 Å². The molecular formula is C20H21F3N6O. The lowest BCUT2D eigenvalue weighted by atomic mass is 10.1. The van der Waals surface area contributed by atoms with Crippen LogP contribution in [0.15, 0.2) is 47.1 Å². The van der Waals surface area contributed by atoms with E-state index in [1.54, 1.807) is 4.90 Å². The van der Waals surface area contributed by atoms with Gasteiger partial charge in [0.15, 0.2) is 5.82 Å². The Labute approximate surface area is 171 Å². The number of rotatable bonds is 5. The van der Waals surface area contributed by atoms with E-state index >= 15 is 0 Å². The molecule has 0 saturated carbocycles. The van der Waals surface area contributed by atoms with E-state index in [1.165, 1.54) is 0 Å². The molecule has 1 aromatic carbocycles. The summed E-state index contributed by atoms with van der Waals surface area (Å²) in [5, 5.41) is 4.07. The monoisotopic (exact) mass is 418 g/mol. The second kappa shape index (κ2) is 8.39. The molecule has 4 rings (SSSR count). The fourth-order valence-corrected chi connectivity index (χ4v) is 3.41. The molecular weight excluding hydrogens is 397 g/mol. The predicted octanol–water partition coefficient (Wildman–Crippen LogP) is 3.35. The Hall–Kier alpha value is -3.01. The number of hydrogen-bond donors (Lipinski definition) is 0. The van der Waals surface area contributed by atoms with Crippen LogP contribution >= 0.6 is 0 Å². The van der Waals surface area contributed by atoms with Gasteiger partial charge in [0.25, 0.3) is 0 Å². The number of aromatic nitrogens is 4. The number of benzene rings is 1. The van der Waals surface area contributed by atoms with E-state index < -0.39 is 11.9 Å². The molecule has 0 unspecified atom stereocenters. The van der Waals surface area contributed by atoms with Crippen molar-refractivity contribution in [2.24, 2.45) is 0 Å². The van der Waals surface area contributed by atoms with Crippen molar-refractivity contribution in [2.45, 2.75) is 25.6 Å². The minimum Gasteiger partial charge on any atom is -0.338 e. The quantitative estimate of drug-likeness (QED) is 0.629. The minimum absolute atomic E-state index is 0.0911. The zero-order valence-corrected chi connectivity index (χ0v) is 16.4. The molecule has 7 nitrogen and oxygen atoms in total. The zero-order chi connectivity index (χ0) is 21.1. The third kappa shape index (κ3) is 4.59. The number of nitrogens with zero attached hydrogens (tertiary/aromatic N) is 6. The van der Waals surface area contributed by atoms with Gasteiger partial charge >= 0.3 is 6.18 Å². The fraction of sp³-hybridized carbons (Fsp3) is 0.400. The van der Waals surface area contributed by atoms with Crippen LogP contribution in [0.25, 0.3) is 0 Å². The second-order valence-corrected chi connectivity index (χ2v) is 7.15. The molecule has 1 fully saturated rings. The maximum absolute atomic E-state index is 12.9. The summed E-state index contributed by atoms with van der Waals surface area (Å²) < 4.78 is 44.1. The molecule has 0 radical (unpaired) electrons. The summed E-state index contributed by atoms with van der Waals surface area (Å²) >= 11 is 0. The summed E-state index contributed by atoms with van der Waals surface area (Å²) in [6.45, 7) is 4.25. The number of halogens is 3. The maximum atomic E-state index is 12.9. The highest BCUT2D eigenvalue weighted by molar-refractivity contribution is 5.32. The van der Waals surface area contributed by atoms with Gasteiger partial charge in [-0.3, -0.25) is 4.90 Å². The number of piperazine rings is 1. The molecule has 0 bridgehead atoms. The van der Waals surface area contributed by atoms with Gasteiger partial charge in [-0.05, 0) is 18.6 Å². The van der Waals surface area contributed by atoms with Crippen molar-refractivity contribution < 1.29 is 17.7 Å². The van der Waals surface area contributed by atoms with E-state index in [-0.39, 0.29) is 12.0 Å². The summed E-state index contributed by atoms with van der Waals surface area (Å²) in [5.74, 6) is 1.25. The smallest absolute Gasteiger partial charge is 0.338 e. The highest BCUT2D eigenvalue weighted by atomic mass is 19.4. The molecule has 1 atom stereocenters. The van der Waals surface area contributed by atoms with E-state index in [4.69, 9.17) is 4.52 Å². The Bertz CT molecular complexity index is 970. The van der Waals surface area contributed by atoms with Crippen molar-refractivity contribution in [3.05, 3.63) is 65.6 Å². The Morgan fingerprint density at radius 3 is 2.47 bits per heavy atom. The lowest BCUT2D eigenvalue weighted by Gasteiger charge is -2.36. The minimum atomic E-state index is -4.48. The van der Waals surface area contributed by atoms with E-state index in [0.717, 1.165) is 17.8 Å². The molecule has 3 heterocycles. The van der Waals surface area contributed by atoms with Crippen LogP contribution in [0.4, 0.5) is 19.1 Å². The van der Waals surface area contributed by atoms with Crippen LogP contribution in [0.3, 0.4) is 0 Å². The Kier molecular flexibility index (Phi) is 5.67. The van der Waals surface area contributed by atoms with Gasteiger partial charge in [-0.15, -0.1) is 0 Å². The molecule has 158 valence electrons. The fourth-order valence-electron chi connectivity index (χ4n) is 3.41. The van der Waals surface area contributed by atoms with E-state index in [1.807, 2.05) is 37.3 Å². The van der Waals surface area contributed by atoms with Gasteiger partial charge in [0, 0.05) is 38.8 Å². The topological polar surface area (TPSA) is 71.2 Å². The van der Waals surface area contributed by atoms with E-state index in [2.05, 4.69) is 25.0 Å². The van der Waals surface area contributed by atoms with Crippen LogP contribution in [0.5, 0.6) is 0 Å². The van der Waals surface area contributed by atoms with Gasteiger partial charge in [-0.1, -0.05) is 35.5 Å². The normalized spacial score (nSPS) is 16.6. The zero-order valence-electron chi connectivity index (χ0n) is 16.4. The maximum Gasteiger partial charge on any atom is 0.433 e. The van der Waals surface area contributed by atoms with Crippen LogP contribution < -0.4 is 4.90 Å². The molecule has 0 aliphatic carbocycles. The lowest BCUT2D eigenvalue weighted by molar-refractivity contribution is -0.141. The summed E-state index contributed by atoms with van der Waals surface area (Å²) in [6, 6.07) is 10.7. The first-order chi connectivity index (χ1) is 14.4. The van der Waals surface area contributed by atoms with Gasteiger partial charge in [0.2, 0.25) is 11.8 Å². The van der Waals surface area contributed by atoms with Crippen LogP contribution in [0, 0.1) is 0 Å². The number of alkyl halides is 3. The third-order valence-electron chi connectivity index (χ3n) is 5.12. The number of hydrogen-bond acceptors (Lipinski definition) is 7. The molecule has 10 heteroatoms. The standard InChI is InChI=1S/C20H21F3N6O/c1-14(18-26-17(27-30-18)13-15-5-3-2-4-6-15)28-9-11-29(12-10-28)19-24-8-7-16(25-19)20(21,22)23/h2-8,14H,9-13H2,1H3/t14-/m0/s1. The van der Waals surface area contributed by atoms with Crippen LogP contribution in [0.2, 0.25) is 0 Å². The predicted molar refractivity (Wildman–Crippen MR) is 103 cm³/mol. The van der Waals surface area contributed by atoms with Crippen LogP contribution in [-0.2, 0) is 12.6 Å². The Morgan fingerprint density at radius 1 is 1.03 bits per heavy atom. The first kappa shape index (κ1) is 20.3. The van der Waals surface area contributed by atoms with Crippen molar-refractivity contribution in [2.75, 3.05) is 31.1 Å². The summed E-state index contributed by atoms with van der Waals surface area (Å²) in [4.78, 5) is 16.1. The molecule has 0 N–H and O–H groups in total. The molecule has 3 aromatic rings. The van der Waals surface area contributed by atoms with Crippen molar-refractivity contribution in [1.29, 1.82) is 0 Å². The summed E-state index contributed by atoms with van der Waals surface area (Å²) in [5.41, 5.74) is 0.173. The Morgan fingerprint density at radius 2 is 1.77 bits per heavy atom. The molecule has 0 amide bonds. The van der Waals surface area contributed by atoms with Crippen LogP contribution in [-0.4, -0.2) is 51.2 Å². The van der Waals surface area contributed by atoms with Gasteiger partial charge in [0.1, 0.15) is 5.69 Å². The lowest BCUT2D eigenvalue weighted by Crippen LogP contribution is -2.47. The summed E-state index contributed by atoms with van der Waals surface area (Å²) in [7, 11) is 0. The summed E-state index contributed by atoms with van der Waals surface area (Å²) in [6.07, 6.45) is -2.74. The first-order valence-electron chi connectivity index (χ1n) is 9.66. The van der Waals surface area contributed by atoms with E-state index in [0.29, 0.717) is 44.3 Å². The van der Waals surface area contributed by atoms with Gasteiger partial charge in [-0.2, -0.15) is 18.2 Å². The molecule has 1 aliphatic heterocycles. The highest BCUT2D eigenvalue weighted by Gasteiger charge is 2.34. The molecule has 1 aliphatic rings. The van der Waals surface area contributed by atoms with Crippen LogP contribution in [0.1, 0.15) is 35.9 Å². The SMILES string of the molecule is C[C@@H](c1nc(Cc2ccccc2)no1)N1CCN(c2nccc(C(F)(F)F)n2)CC1. The van der Waals surface area contributed by atoms with Crippen molar-refractivity contribution in [1.82, 2.24) is 25.0 Å². The van der Waals surface area contributed by atoms with Gasteiger partial charge in [-0.25, -0.2) is 9.97 Å². The third-order valence-corrected chi connectivity index (χ3v) is 5.12. The molecule has 30 heavy (non-hydrogen) atoms. The highest BCUT2D eigenvalue weighted by Crippen LogP contribution is 2.28. The van der Waals surface area contributed by atoms with Crippen molar-refractivity contribution in [3.63, 3.8) is 0 Å². The van der Waals surface area contributed by atoms with Crippen molar-refractivity contribution in [3.8, 4) is 0 Å². The average Bonchev–Trinajstić information content (AvgIpc) is 3.22. The van der Waals surface area contributed by atoms with Crippen molar-refractivity contribution >= 4 is 5.95 Å². The largest absolute Gasteiger partial charge is 0.433 e. The molecule has 0 spiro atoms. The van der Waals surface area contributed by atoms with Gasteiger partial charge < -0.3 is 9.42 Å². The van der Waals surface area contributed by atoms with Gasteiger partial charge in [0.05, 0.1) is 6.04 Å². The first-order valence-corrected chi connectivity index (χ1v) is 9.66. The molecule has 2 aromatic heterocycles. The average molecular weight is 418 g/mol. The Balaban J connectivity index is 1.36.